The van der Waals surface area contributed by atoms with Crippen LogP contribution in [0.15, 0.2) is 30.3 Å². The van der Waals surface area contributed by atoms with Crippen LogP contribution in [-0.4, -0.2) is 65.2 Å². The molecular formula is C24H38N2O5. The van der Waals surface area contributed by atoms with Crippen molar-refractivity contribution < 1.29 is 24.1 Å². The van der Waals surface area contributed by atoms with Crippen molar-refractivity contribution in [3.8, 4) is 0 Å². The number of rotatable bonds is 7. The SMILES string of the molecule is CC(C)(C)OC(=O)N1CCC(N)(CO)C1COC1CCC(OCc2ccccc2)CC1. The second-order valence-corrected chi connectivity index (χ2v) is 9.86. The zero-order valence-corrected chi connectivity index (χ0v) is 19.1. The van der Waals surface area contributed by atoms with E-state index in [2.05, 4.69) is 12.1 Å². The van der Waals surface area contributed by atoms with Crippen molar-refractivity contribution in [1.29, 1.82) is 0 Å². The normalized spacial score (nSPS) is 29.2. The quantitative estimate of drug-likeness (QED) is 0.684. The summed E-state index contributed by atoms with van der Waals surface area (Å²) in [5, 5.41) is 9.88. The van der Waals surface area contributed by atoms with Crippen LogP contribution < -0.4 is 5.73 Å². The van der Waals surface area contributed by atoms with Crippen molar-refractivity contribution in [2.45, 2.75) is 88.9 Å². The molecule has 2 fully saturated rings. The molecule has 2 unspecified atom stereocenters. The molecule has 1 amide bonds. The molecule has 7 heteroatoms. The predicted octanol–water partition coefficient (Wildman–Crippen LogP) is 3.23. The molecular weight excluding hydrogens is 396 g/mol. The highest BCUT2D eigenvalue weighted by Gasteiger charge is 2.48. The van der Waals surface area contributed by atoms with Gasteiger partial charge in [0.25, 0.3) is 0 Å². The summed E-state index contributed by atoms with van der Waals surface area (Å²) in [5.41, 5.74) is 6.16. The van der Waals surface area contributed by atoms with Crippen molar-refractivity contribution in [2.24, 2.45) is 5.73 Å². The Morgan fingerprint density at radius 1 is 1.13 bits per heavy atom. The van der Waals surface area contributed by atoms with E-state index in [4.69, 9.17) is 19.9 Å². The number of aliphatic hydroxyl groups excluding tert-OH is 1. The second-order valence-electron chi connectivity index (χ2n) is 9.86. The molecule has 1 aliphatic carbocycles. The van der Waals surface area contributed by atoms with Crippen LogP contribution in [0, 0.1) is 0 Å². The Kier molecular flexibility index (Phi) is 7.97. The number of amides is 1. The second kappa shape index (κ2) is 10.3. The largest absolute Gasteiger partial charge is 0.444 e. The van der Waals surface area contributed by atoms with Gasteiger partial charge in [-0.1, -0.05) is 30.3 Å². The van der Waals surface area contributed by atoms with Crippen LogP contribution in [0.4, 0.5) is 4.79 Å². The fourth-order valence-corrected chi connectivity index (χ4v) is 4.32. The summed E-state index contributed by atoms with van der Waals surface area (Å²) >= 11 is 0. The molecule has 1 aliphatic heterocycles. The maximum Gasteiger partial charge on any atom is 0.410 e. The van der Waals surface area contributed by atoms with Gasteiger partial charge < -0.3 is 30.0 Å². The molecule has 3 N–H and O–H groups in total. The molecule has 2 aliphatic rings. The minimum Gasteiger partial charge on any atom is -0.444 e. The Morgan fingerprint density at radius 3 is 2.32 bits per heavy atom. The third kappa shape index (κ3) is 6.65. The van der Waals surface area contributed by atoms with Crippen molar-refractivity contribution in [3.05, 3.63) is 35.9 Å². The van der Waals surface area contributed by atoms with Crippen LogP contribution in [0.3, 0.4) is 0 Å². The molecule has 0 bridgehead atoms. The van der Waals surface area contributed by atoms with Gasteiger partial charge in [-0.2, -0.15) is 0 Å². The van der Waals surface area contributed by atoms with Gasteiger partial charge in [0.1, 0.15) is 5.60 Å². The lowest BCUT2D eigenvalue weighted by atomic mass is 9.92. The molecule has 3 rings (SSSR count). The Bertz CT molecular complexity index is 700. The van der Waals surface area contributed by atoms with Gasteiger partial charge in [0.2, 0.25) is 0 Å². The highest BCUT2D eigenvalue weighted by Crippen LogP contribution is 2.30. The van der Waals surface area contributed by atoms with Gasteiger partial charge in [-0.15, -0.1) is 0 Å². The maximum atomic E-state index is 12.7. The van der Waals surface area contributed by atoms with Crippen molar-refractivity contribution >= 4 is 6.09 Å². The van der Waals surface area contributed by atoms with E-state index in [0.29, 0.717) is 26.2 Å². The fourth-order valence-electron chi connectivity index (χ4n) is 4.32. The van der Waals surface area contributed by atoms with Gasteiger partial charge in [-0.3, -0.25) is 0 Å². The third-order valence-electron chi connectivity index (χ3n) is 6.22. The first kappa shape index (κ1) is 24.0. The van der Waals surface area contributed by atoms with Crippen molar-refractivity contribution in [3.63, 3.8) is 0 Å². The zero-order chi connectivity index (χ0) is 22.5. The molecule has 1 heterocycles. The number of carbonyl (C=O) groups excluding carboxylic acids is 1. The summed E-state index contributed by atoms with van der Waals surface area (Å²) in [6, 6.07) is 9.81. The zero-order valence-electron chi connectivity index (χ0n) is 19.1. The molecule has 174 valence electrons. The summed E-state index contributed by atoms with van der Waals surface area (Å²) < 4.78 is 17.8. The first-order valence-corrected chi connectivity index (χ1v) is 11.4. The monoisotopic (exact) mass is 434 g/mol. The molecule has 1 aromatic rings. The average Bonchev–Trinajstić information content (AvgIpc) is 3.08. The first-order valence-electron chi connectivity index (χ1n) is 11.4. The molecule has 0 aromatic heterocycles. The number of ether oxygens (including phenoxy) is 3. The molecule has 1 aromatic carbocycles. The van der Waals surface area contributed by atoms with E-state index in [1.807, 2.05) is 39.0 Å². The topological polar surface area (TPSA) is 94.3 Å². The molecule has 1 saturated carbocycles. The molecule has 2 atom stereocenters. The average molecular weight is 435 g/mol. The first-order chi connectivity index (χ1) is 14.7. The molecule has 31 heavy (non-hydrogen) atoms. The third-order valence-corrected chi connectivity index (χ3v) is 6.22. The Balaban J connectivity index is 1.47. The van der Waals surface area contributed by atoms with E-state index in [0.717, 1.165) is 25.7 Å². The number of likely N-dealkylation sites (tertiary alicyclic amines) is 1. The minimum absolute atomic E-state index is 0.112. The highest BCUT2D eigenvalue weighted by atomic mass is 16.6. The summed E-state index contributed by atoms with van der Waals surface area (Å²) in [5.74, 6) is 0. The number of nitrogens with two attached hydrogens (primary N) is 1. The minimum atomic E-state index is -0.868. The van der Waals surface area contributed by atoms with Crippen LogP contribution in [-0.2, 0) is 20.8 Å². The Morgan fingerprint density at radius 2 is 1.74 bits per heavy atom. The van der Waals surface area contributed by atoms with Gasteiger partial charge in [-0.25, -0.2) is 4.79 Å². The number of aliphatic hydroxyl groups is 1. The van der Waals surface area contributed by atoms with E-state index in [-0.39, 0.29) is 18.8 Å². The van der Waals surface area contributed by atoms with Crippen LogP contribution in [0.1, 0.15) is 58.4 Å². The summed E-state index contributed by atoms with van der Waals surface area (Å²) in [6.45, 7) is 6.72. The maximum absolute atomic E-state index is 12.7. The number of nitrogens with zero attached hydrogens (tertiary/aromatic N) is 1. The molecule has 0 spiro atoms. The van der Waals surface area contributed by atoms with Crippen molar-refractivity contribution in [2.75, 3.05) is 19.8 Å². The smallest absolute Gasteiger partial charge is 0.410 e. The number of carbonyl (C=O) groups is 1. The summed E-state index contributed by atoms with van der Waals surface area (Å²) in [4.78, 5) is 14.3. The van der Waals surface area contributed by atoms with Gasteiger partial charge in [0, 0.05) is 6.54 Å². The number of hydrogen-bond donors (Lipinski definition) is 2. The van der Waals surface area contributed by atoms with Gasteiger partial charge >= 0.3 is 6.09 Å². The lowest BCUT2D eigenvalue weighted by Gasteiger charge is -2.36. The van der Waals surface area contributed by atoms with Gasteiger partial charge in [-0.05, 0) is 58.4 Å². The lowest BCUT2D eigenvalue weighted by Crippen LogP contribution is -2.58. The molecule has 0 radical (unpaired) electrons. The predicted molar refractivity (Wildman–Crippen MR) is 119 cm³/mol. The summed E-state index contributed by atoms with van der Waals surface area (Å²) in [6.07, 6.45) is 4.20. The van der Waals surface area contributed by atoms with Crippen LogP contribution in [0.2, 0.25) is 0 Å². The van der Waals surface area contributed by atoms with Crippen LogP contribution >= 0.6 is 0 Å². The van der Waals surface area contributed by atoms with Crippen LogP contribution in [0.5, 0.6) is 0 Å². The highest BCUT2D eigenvalue weighted by molar-refractivity contribution is 5.69. The summed E-state index contributed by atoms with van der Waals surface area (Å²) in [7, 11) is 0. The molecule has 1 saturated heterocycles. The van der Waals surface area contributed by atoms with Gasteiger partial charge in [0.15, 0.2) is 0 Å². The Hall–Kier alpha value is -1.67. The number of hydrogen-bond acceptors (Lipinski definition) is 6. The van der Waals surface area contributed by atoms with Crippen LogP contribution in [0.25, 0.3) is 0 Å². The fraction of sp³-hybridized carbons (Fsp3) is 0.708. The van der Waals surface area contributed by atoms with E-state index in [9.17, 15) is 9.90 Å². The van der Waals surface area contributed by atoms with Gasteiger partial charge in [0.05, 0.1) is 43.6 Å². The standard InChI is InChI=1S/C24H38N2O5/c1-23(2,3)31-22(28)26-14-13-24(25,17-27)21(26)16-30-20-11-9-19(10-12-20)29-15-18-7-5-4-6-8-18/h4-8,19-21,27H,9-17,25H2,1-3H3. The van der Waals surface area contributed by atoms with E-state index >= 15 is 0 Å². The number of benzene rings is 1. The molecule has 7 nitrogen and oxygen atoms in total. The van der Waals surface area contributed by atoms with E-state index < -0.39 is 23.3 Å². The Labute approximate surface area is 185 Å². The van der Waals surface area contributed by atoms with E-state index in [1.54, 1.807) is 4.90 Å². The lowest BCUT2D eigenvalue weighted by molar-refractivity contribution is -0.0559. The van der Waals surface area contributed by atoms with E-state index in [1.165, 1.54) is 5.56 Å². The van der Waals surface area contributed by atoms with Crippen molar-refractivity contribution in [1.82, 2.24) is 4.90 Å².